The summed E-state index contributed by atoms with van der Waals surface area (Å²) in [6.45, 7) is 5.00. The number of aromatic nitrogens is 1. The summed E-state index contributed by atoms with van der Waals surface area (Å²) in [6, 6.07) is 8.82. The average Bonchev–Trinajstić information content (AvgIpc) is 2.95. The van der Waals surface area contributed by atoms with Gasteiger partial charge in [0.25, 0.3) is 0 Å². The van der Waals surface area contributed by atoms with E-state index in [9.17, 15) is 13.7 Å². The summed E-state index contributed by atoms with van der Waals surface area (Å²) in [7, 11) is -3.66. The summed E-state index contributed by atoms with van der Waals surface area (Å²) in [5, 5.41) is 15.3. The third-order valence-corrected chi connectivity index (χ3v) is 5.98. The van der Waals surface area contributed by atoms with Crippen LogP contribution in [-0.4, -0.2) is 39.0 Å². The Kier molecular flexibility index (Phi) is 4.45. The van der Waals surface area contributed by atoms with Crippen molar-refractivity contribution in [1.29, 1.82) is 5.26 Å². The molecule has 9 heteroatoms. The van der Waals surface area contributed by atoms with Crippen LogP contribution in [0.2, 0.25) is 0 Å². The lowest BCUT2D eigenvalue weighted by atomic mass is 10.2. The lowest BCUT2D eigenvalue weighted by Crippen LogP contribution is -2.46. The summed E-state index contributed by atoms with van der Waals surface area (Å²) in [5.74, 6) is 0. The van der Waals surface area contributed by atoms with E-state index in [1.165, 1.54) is 23.7 Å². The van der Waals surface area contributed by atoms with E-state index in [0.717, 1.165) is 42.6 Å². The molecule has 0 aliphatic carbocycles. The van der Waals surface area contributed by atoms with E-state index in [0.29, 0.717) is 5.56 Å². The van der Waals surface area contributed by atoms with Crippen molar-refractivity contribution in [1.82, 2.24) is 4.37 Å². The van der Waals surface area contributed by atoms with Gasteiger partial charge in [0.05, 0.1) is 10.6 Å². The second kappa shape index (κ2) is 6.39. The smallest absolute Gasteiger partial charge is 0.238 e. The van der Waals surface area contributed by atoms with Crippen LogP contribution in [0.25, 0.3) is 0 Å². The molecule has 0 spiro atoms. The quantitative estimate of drug-likeness (QED) is 0.881. The van der Waals surface area contributed by atoms with Crippen LogP contribution in [0.15, 0.2) is 29.2 Å². The highest BCUT2D eigenvalue weighted by atomic mass is 32.2. The van der Waals surface area contributed by atoms with Crippen LogP contribution in [0.3, 0.4) is 0 Å². The molecule has 2 aromatic rings. The van der Waals surface area contributed by atoms with Gasteiger partial charge in [-0.25, -0.2) is 13.6 Å². The Bertz CT molecular complexity index is 876. The molecule has 2 heterocycles. The highest BCUT2D eigenvalue weighted by molar-refractivity contribution is 7.89. The minimum absolute atomic E-state index is 0.115. The van der Waals surface area contributed by atoms with Crippen molar-refractivity contribution in [2.24, 2.45) is 5.14 Å². The van der Waals surface area contributed by atoms with Crippen molar-refractivity contribution in [2.75, 3.05) is 36.0 Å². The zero-order chi connectivity index (χ0) is 17.3. The van der Waals surface area contributed by atoms with Crippen molar-refractivity contribution in [2.45, 2.75) is 11.8 Å². The first kappa shape index (κ1) is 16.7. The van der Waals surface area contributed by atoms with Gasteiger partial charge < -0.3 is 9.80 Å². The average molecular weight is 363 g/mol. The summed E-state index contributed by atoms with van der Waals surface area (Å²) in [5.41, 5.74) is 2.40. The van der Waals surface area contributed by atoms with E-state index in [4.69, 9.17) is 5.14 Å². The second-order valence-corrected chi connectivity index (χ2v) is 7.89. The van der Waals surface area contributed by atoms with E-state index in [-0.39, 0.29) is 4.90 Å². The summed E-state index contributed by atoms with van der Waals surface area (Å²) < 4.78 is 26.9. The molecule has 1 fully saturated rings. The van der Waals surface area contributed by atoms with Crippen LogP contribution in [-0.2, 0) is 10.0 Å². The fraction of sp³-hybridized carbons (Fsp3) is 0.333. The highest BCUT2D eigenvalue weighted by Gasteiger charge is 2.22. The lowest BCUT2D eigenvalue weighted by Gasteiger charge is -2.36. The van der Waals surface area contributed by atoms with Crippen molar-refractivity contribution < 1.29 is 8.42 Å². The van der Waals surface area contributed by atoms with E-state index in [1.54, 1.807) is 12.1 Å². The maximum Gasteiger partial charge on any atom is 0.238 e. The predicted octanol–water partition coefficient (Wildman–Crippen LogP) is 1.30. The Balaban J connectivity index is 1.70. The number of hydrogen-bond acceptors (Lipinski definition) is 7. The molecule has 1 aliphatic heterocycles. The number of piperazine rings is 1. The molecule has 1 aliphatic rings. The third-order valence-electron chi connectivity index (χ3n) is 4.05. The van der Waals surface area contributed by atoms with Gasteiger partial charge in [0.15, 0.2) is 0 Å². The number of nitriles is 1. The largest absolute Gasteiger partial charge is 0.368 e. The molecule has 7 nitrogen and oxygen atoms in total. The Morgan fingerprint density at radius 2 is 1.75 bits per heavy atom. The van der Waals surface area contributed by atoms with E-state index in [2.05, 4.69) is 20.2 Å². The first-order valence-corrected chi connectivity index (χ1v) is 9.71. The number of nitrogens with two attached hydrogens (primary N) is 1. The van der Waals surface area contributed by atoms with Crippen LogP contribution >= 0.6 is 11.5 Å². The fourth-order valence-electron chi connectivity index (χ4n) is 2.72. The minimum atomic E-state index is -3.66. The number of nitrogens with zero attached hydrogens (tertiary/aromatic N) is 4. The van der Waals surface area contributed by atoms with Crippen molar-refractivity contribution in [3.63, 3.8) is 0 Å². The molecule has 3 rings (SSSR count). The molecule has 126 valence electrons. The summed E-state index contributed by atoms with van der Waals surface area (Å²) >= 11 is 1.36. The van der Waals surface area contributed by atoms with E-state index >= 15 is 0 Å². The van der Waals surface area contributed by atoms with Gasteiger partial charge in [-0.3, -0.25) is 0 Å². The first-order chi connectivity index (χ1) is 11.4. The zero-order valence-electron chi connectivity index (χ0n) is 13.1. The maximum atomic E-state index is 11.3. The Hall–Kier alpha value is -2.15. The molecule has 24 heavy (non-hydrogen) atoms. The summed E-state index contributed by atoms with van der Waals surface area (Å²) in [4.78, 5) is 4.48. The maximum absolute atomic E-state index is 11.3. The molecule has 1 aromatic carbocycles. The molecule has 1 aromatic heterocycles. The van der Waals surface area contributed by atoms with Crippen LogP contribution < -0.4 is 14.9 Å². The summed E-state index contributed by atoms with van der Waals surface area (Å²) in [6.07, 6.45) is 0. The van der Waals surface area contributed by atoms with Crippen LogP contribution in [0.5, 0.6) is 0 Å². The number of rotatable bonds is 3. The number of sulfonamides is 1. The molecule has 0 amide bonds. The number of primary sulfonamides is 1. The van der Waals surface area contributed by atoms with Crippen LogP contribution in [0.1, 0.15) is 11.3 Å². The van der Waals surface area contributed by atoms with Gasteiger partial charge in [0.2, 0.25) is 10.0 Å². The van der Waals surface area contributed by atoms with Gasteiger partial charge in [-0.1, -0.05) is 0 Å². The number of benzene rings is 1. The standard InChI is InChI=1S/C15H17N5O2S2/c1-11-14(10-16)15(23-18-11)20-8-6-19(7-9-20)12-2-4-13(5-3-12)24(17,21)22/h2-5H,6-9H2,1H3,(H2,17,21,22). The van der Waals surface area contributed by atoms with Gasteiger partial charge in [-0.15, -0.1) is 0 Å². The monoisotopic (exact) mass is 363 g/mol. The van der Waals surface area contributed by atoms with E-state index < -0.39 is 10.0 Å². The van der Waals surface area contributed by atoms with Gasteiger partial charge in [0.1, 0.15) is 16.6 Å². The number of hydrogen-bond donors (Lipinski definition) is 1. The van der Waals surface area contributed by atoms with Gasteiger partial charge in [-0.05, 0) is 42.7 Å². The minimum Gasteiger partial charge on any atom is -0.368 e. The number of aryl methyl sites for hydroxylation is 1. The van der Waals surface area contributed by atoms with Crippen molar-refractivity contribution in [3.05, 3.63) is 35.5 Å². The lowest BCUT2D eigenvalue weighted by molar-refractivity contribution is 0.597. The molecule has 0 bridgehead atoms. The molecular weight excluding hydrogens is 346 g/mol. The Morgan fingerprint density at radius 3 is 2.29 bits per heavy atom. The second-order valence-electron chi connectivity index (χ2n) is 5.57. The molecule has 0 saturated carbocycles. The van der Waals surface area contributed by atoms with Crippen LogP contribution in [0, 0.1) is 18.3 Å². The molecule has 0 radical (unpaired) electrons. The molecule has 0 unspecified atom stereocenters. The first-order valence-electron chi connectivity index (χ1n) is 7.39. The zero-order valence-corrected chi connectivity index (χ0v) is 14.8. The molecule has 0 atom stereocenters. The molecule has 2 N–H and O–H groups in total. The van der Waals surface area contributed by atoms with Gasteiger partial charge >= 0.3 is 0 Å². The fourth-order valence-corrected chi connectivity index (χ4v) is 4.13. The Labute approximate surface area is 145 Å². The molecular formula is C15H17N5O2S2. The predicted molar refractivity (Wildman–Crippen MR) is 93.8 cm³/mol. The van der Waals surface area contributed by atoms with Crippen molar-refractivity contribution in [3.8, 4) is 6.07 Å². The molecule has 1 saturated heterocycles. The van der Waals surface area contributed by atoms with E-state index in [1.807, 2.05) is 6.92 Å². The van der Waals surface area contributed by atoms with Crippen LogP contribution in [0.4, 0.5) is 10.7 Å². The van der Waals surface area contributed by atoms with Crippen molar-refractivity contribution >= 4 is 32.2 Å². The topological polar surface area (TPSA) is 103 Å². The third kappa shape index (κ3) is 3.21. The Morgan fingerprint density at radius 1 is 1.17 bits per heavy atom. The SMILES string of the molecule is Cc1nsc(N2CCN(c3ccc(S(N)(=O)=O)cc3)CC2)c1C#N. The van der Waals surface area contributed by atoms with Gasteiger partial charge in [0, 0.05) is 31.9 Å². The normalized spacial score (nSPS) is 15.4. The van der Waals surface area contributed by atoms with Gasteiger partial charge in [-0.2, -0.15) is 9.64 Å². The highest BCUT2D eigenvalue weighted by Crippen LogP contribution is 2.29. The number of anilines is 2.